The van der Waals surface area contributed by atoms with Crippen LogP contribution in [0, 0.1) is 11.3 Å². The minimum absolute atomic E-state index is 0.0759. The van der Waals surface area contributed by atoms with Gasteiger partial charge in [-0.15, -0.1) is 0 Å². The number of likely N-dealkylation sites (tertiary alicyclic amines) is 1. The Morgan fingerprint density at radius 1 is 1.27 bits per heavy atom. The molecule has 6 nitrogen and oxygen atoms in total. The molecule has 1 aromatic carbocycles. The first-order chi connectivity index (χ1) is 10.3. The molecule has 2 aliphatic heterocycles. The van der Waals surface area contributed by atoms with Gasteiger partial charge in [0.15, 0.2) is 0 Å². The highest BCUT2D eigenvalue weighted by molar-refractivity contribution is 7.88. The molecule has 0 amide bonds. The first-order valence-electron chi connectivity index (χ1n) is 7.27. The molecule has 1 aromatic rings. The van der Waals surface area contributed by atoms with Gasteiger partial charge < -0.3 is 10.0 Å². The van der Waals surface area contributed by atoms with Crippen molar-refractivity contribution in [2.24, 2.45) is 11.3 Å². The third-order valence-corrected chi connectivity index (χ3v) is 6.52. The maximum atomic E-state index is 12.6. The van der Waals surface area contributed by atoms with E-state index < -0.39 is 21.4 Å². The van der Waals surface area contributed by atoms with Gasteiger partial charge in [0.05, 0.1) is 11.2 Å². The van der Waals surface area contributed by atoms with E-state index in [2.05, 4.69) is 0 Å². The Balaban J connectivity index is 1.81. The average Bonchev–Trinajstić information content (AvgIpc) is 2.93. The second-order valence-corrected chi connectivity index (χ2v) is 8.36. The summed E-state index contributed by atoms with van der Waals surface area (Å²) in [5.41, 5.74) is -0.237. The molecule has 0 unspecified atom stereocenters. The molecule has 0 radical (unpaired) electrons. The van der Waals surface area contributed by atoms with Crippen LogP contribution in [0.2, 0.25) is 0 Å². The van der Waals surface area contributed by atoms with Crippen LogP contribution in [0.25, 0.3) is 0 Å². The molecule has 0 aliphatic carbocycles. The van der Waals surface area contributed by atoms with Crippen LogP contribution in [-0.2, 0) is 20.6 Å². The van der Waals surface area contributed by atoms with E-state index in [1.165, 1.54) is 4.31 Å². The van der Waals surface area contributed by atoms with Crippen molar-refractivity contribution < 1.29 is 18.3 Å². The monoisotopic (exact) mass is 324 g/mol. The molecule has 2 atom stereocenters. The van der Waals surface area contributed by atoms with Gasteiger partial charge in [0, 0.05) is 32.1 Å². The first kappa shape index (κ1) is 15.5. The zero-order valence-corrected chi connectivity index (χ0v) is 13.3. The molecular weight excluding hydrogens is 304 g/mol. The lowest BCUT2D eigenvalue weighted by Gasteiger charge is -2.24. The average molecular weight is 324 g/mol. The summed E-state index contributed by atoms with van der Waals surface area (Å²) in [7, 11) is -1.61. The highest BCUT2D eigenvalue weighted by Gasteiger charge is 2.58. The van der Waals surface area contributed by atoms with Gasteiger partial charge >= 0.3 is 5.97 Å². The number of hydrogen-bond acceptors (Lipinski definition) is 4. The molecule has 2 saturated heterocycles. The number of rotatable bonds is 4. The molecule has 2 fully saturated rings. The number of nitrogens with zero attached hydrogens (tertiary/aromatic N) is 2. The molecule has 3 rings (SSSR count). The fourth-order valence-electron chi connectivity index (χ4n) is 3.66. The van der Waals surface area contributed by atoms with E-state index in [0.717, 1.165) is 5.56 Å². The molecule has 2 aliphatic rings. The van der Waals surface area contributed by atoms with E-state index in [0.29, 0.717) is 19.6 Å². The Morgan fingerprint density at radius 2 is 1.95 bits per heavy atom. The maximum Gasteiger partial charge on any atom is 0.312 e. The molecule has 1 N–H and O–H groups in total. The van der Waals surface area contributed by atoms with Gasteiger partial charge in [-0.05, 0) is 12.6 Å². The number of aliphatic carboxylic acids is 1. The number of benzene rings is 1. The molecular formula is C15H20N2O4S. The Morgan fingerprint density at radius 3 is 2.55 bits per heavy atom. The van der Waals surface area contributed by atoms with Crippen LogP contribution in [0.5, 0.6) is 0 Å². The summed E-state index contributed by atoms with van der Waals surface area (Å²) >= 11 is 0. The lowest BCUT2D eigenvalue weighted by Crippen LogP contribution is -2.41. The highest BCUT2D eigenvalue weighted by Crippen LogP contribution is 2.43. The van der Waals surface area contributed by atoms with Crippen molar-refractivity contribution in [1.29, 1.82) is 0 Å². The van der Waals surface area contributed by atoms with E-state index in [1.807, 2.05) is 18.0 Å². The van der Waals surface area contributed by atoms with Gasteiger partial charge in [0.25, 0.3) is 0 Å². The largest absolute Gasteiger partial charge is 0.481 e. The van der Waals surface area contributed by atoms with Crippen LogP contribution in [-0.4, -0.2) is 61.9 Å². The maximum absolute atomic E-state index is 12.6. The van der Waals surface area contributed by atoms with E-state index in [1.54, 1.807) is 24.3 Å². The molecule has 0 bridgehead atoms. The first-order valence-corrected chi connectivity index (χ1v) is 8.88. The van der Waals surface area contributed by atoms with Crippen molar-refractivity contribution in [1.82, 2.24) is 9.21 Å². The van der Waals surface area contributed by atoms with Gasteiger partial charge in [-0.1, -0.05) is 30.3 Å². The van der Waals surface area contributed by atoms with Crippen molar-refractivity contribution in [3.8, 4) is 0 Å². The predicted molar refractivity (Wildman–Crippen MR) is 81.7 cm³/mol. The van der Waals surface area contributed by atoms with Gasteiger partial charge in [0.2, 0.25) is 10.0 Å². The van der Waals surface area contributed by atoms with Gasteiger partial charge in [-0.3, -0.25) is 4.79 Å². The van der Waals surface area contributed by atoms with Crippen LogP contribution in [0.1, 0.15) is 5.56 Å². The second kappa shape index (κ2) is 5.33. The molecule has 2 heterocycles. The number of carboxylic acids is 1. The quantitative estimate of drug-likeness (QED) is 0.871. The number of carbonyl (C=O) groups is 1. The van der Waals surface area contributed by atoms with Gasteiger partial charge in [-0.25, -0.2) is 12.7 Å². The summed E-state index contributed by atoms with van der Waals surface area (Å²) in [5.74, 6) is -1.11. The van der Waals surface area contributed by atoms with Crippen molar-refractivity contribution in [2.45, 2.75) is 5.75 Å². The Bertz CT molecular complexity index is 676. The predicted octanol–water partition coefficient (Wildman–Crippen LogP) is 0.465. The number of hydrogen-bond donors (Lipinski definition) is 1. The standard InChI is InChI=1S/C15H20N2O4S/c1-16-7-13-8-17(11-15(13,10-16)14(18)19)22(20,21)9-12-5-3-2-4-6-12/h2-6,13H,7-11H2,1H3,(H,18,19)/t13-,15-/m0/s1. The number of carboxylic acid groups (broad SMARTS) is 1. The van der Waals surface area contributed by atoms with Crippen LogP contribution in [0.3, 0.4) is 0 Å². The molecule has 0 saturated carbocycles. The summed E-state index contributed by atoms with van der Waals surface area (Å²) in [4.78, 5) is 13.7. The van der Waals surface area contributed by atoms with Crippen LogP contribution < -0.4 is 0 Å². The molecule has 22 heavy (non-hydrogen) atoms. The Labute approximate surface area is 130 Å². The van der Waals surface area contributed by atoms with Crippen LogP contribution in [0.15, 0.2) is 30.3 Å². The van der Waals surface area contributed by atoms with Crippen molar-refractivity contribution in [3.05, 3.63) is 35.9 Å². The fraction of sp³-hybridized carbons (Fsp3) is 0.533. The third-order valence-electron chi connectivity index (χ3n) is 4.76. The summed E-state index contributed by atoms with van der Waals surface area (Å²) in [6, 6.07) is 8.99. The molecule has 0 aromatic heterocycles. The smallest absolute Gasteiger partial charge is 0.312 e. The molecule has 7 heteroatoms. The molecule has 0 spiro atoms. The van der Waals surface area contributed by atoms with Crippen LogP contribution in [0.4, 0.5) is 0 Å². The minimum Gasteiger partial charge on any atom is -0.481 e. The van der Waals surface area contributed by atoms with E-state index >= 15 is 0 Å². The van der Waals surface area contributed by atoms with E-state index in [4.69, 9.17) is 0 Å². The van der Waals surface area contributed by atoms with Gasteiger partial charge in [0.1, 0.15) is 0 Å². The lowest BCUT2D eigenvalue weighted by molar-refractivity contribution is -0.148. The van der Waals surface area contributed by atoms with Crippen molar-refractivity contribution in [2.75, 3.05) is 33.2 Å². The zero-order valence-electron chi connectivity index (χ0n) is 12.5. The highest BCUT2D eigenvalue weighted by atomic mass is 32.2. The summed E-state index contributed by atoms with van der Waals surface area (Å²) in [6.45, 7) is 1.41. The van der Waals surface area contributed by atoms with E-state index in [9.17, 15) is 18.3 Å². The SMILES string of the molecule is CN1C[C@H]2CN(S(=O)(=O)Cc3ccccc3)C[C@@]2(C(=O)O)C1. The fourth-order valence-corrected chi connectivity index (χ4v) is 5.29. The molecule has 120 valence electrons. The third kappa shape index (κ3) is 2.53. The van der Waals surface area contributed by atoms with Crippen molar-refractivity contribution >= 4 is 16.0 Å². The summed E-state index contributed by atoms with van der Waals surface area (Å²) in [6.07, 6.45) is 0. The summed E-state index contributed by atoms with van der Waals surface area (Å²) < 4.78 is 26.6. The van der Waals surface area contributed by atoms with Crippen LogP contribution >= 0.6 is 0 Å². The van der Waals surface area contributed by atoms with Gasteiger partial charge in [-0.2, -0.15) is 0 Å². The number of sulfonamides is 1. The topological polar surface area (TPSA) is 77.9 Å². The normalized spacial score (nSPS) is 29.6. The van der Waals surface area contributed by atoms with E-state index in [-0.39, 0.29) is 18.2 Å². The zero-order chi connectivity index (χ0) is 16.0. The lowest BCUT2D eigenvalue weighted by atomic mass is 9.81. The summed E-state index contributed by atoms with van der Waals surface area (Å²) in [5, 5.41) is 9.62. The Hall–Kier alpha value is -1.44. The number of fused-ring (bicyclic) bond motifs is 1. The Kier molecular flexibility index (Phi) is 3.74. The van der Waals surface area contributed by atoms with Crippen molar-refractivity contribution in [3.63, 3.8) is 0 Å². The minimum atomic E-state index is -3.49. The second-order valence-electron chi connectivity index (χ2n) is 6.39.